The molecule has 1 aromatic rings. The van der Waals surface area contributed by atoms with Gasteiger partial charge in [0, 0.05) is 31.1 Å². The average molecular weight is 357 g/mol. The fourth-order valence-corrected chi connectivity index (χ4v) is 4.16. The molecule has 7 nitrogen and oxygen atoms in total. The van der Waals surface area contributed by atoms with E-state index in [1.165, 1.54) is 0 Å². The summed E-state index contributed by atoms with van der Waals surface area (Å²) in [6.07, 6.45) is 2.12. The molecular weight excluding hydrogens is 330 g/mol. The Morgan fingerprint density at radius 3 is 2.54 bits per heavy atom. The van der Waals surface area contributed by atoms with Gasteiger partial charge >= 0.3 is 0 Å². The number of nitrogens with one attached hydrogen (secondary N) is 1. The molecule has 0 unspecified atom stereocenters. The predicted octanol–water partition coefficient (Wildman–Crippen LogP) is 1.26. The molecule has 1 fully saturated rings. The van der Waals surface area contributed by atoms with Gasteiger partial charge in [0.15, 0.2) is 0 Å². The molecule has 136 valence electrons. The molecule has 1 saturated heterocycles. The van der Waals surface area contributed by atoms with Gasteiger partial charge in [-0.1, -0.05) is 19.0 Å². The van der Waals surface area contributed by atoms with E-state index in [1.807, 2.05) is 13.8 Å². The molecule has 0 saturated carbocycles. The van der Waals surface area contributed by atoms with Crippen LogP contribution in [0.3, 0.4) is 0 Å². The van der Waals surface area contributed by atoms with Gasteiger partial charge in [-0.15, -0.1) is 0 Å². The van der Waals surface area contributed by atoms with Crippen LogP contribution < -0.4 is 4.72 Å². The molecule has 1 amide bonds. The Morgan fingerprint density at radius 1 is 1.38 bits per heavy atom. The van der Waals surface area contributed by atoms with Crippen molar-refractivity contribution in [3.63, 3.8) is 0 Å². The van der Waals surface area contributed by atoms with Crippen molar-refractivity contribution in [1.29, 1.82) is 0 Å². The van der Waals surface area contributed by atoms with Crippen molar-refractivity contribution in [3.05, 3.63) is 17.0 Å². The van der Waals surface area contributed by atoms with Crippen LogP contribution in [0.15, 0.2) is 4.52 Å². The number of likely N-dealkylation sites (tertiary alicyclic amines) is 1. The second-order valence-corrected chi connectivity index (χ2v) is 8.79. The van der Waals surface area contributed by atoms with Crippen molar-refractivity contribution in [2.24, 2.45) is 11.8 Å². The molecule has 0 aromatic carbocycles. The smallest absolute Gasteiger partial charge is 0.222 e. The van der Waals surface area contributed by atoms with Crippen molar-refractivity contribution in [3.8, 4) is 0 Å². The Kier molecular flexibility index (Phi) is 5.70. The van der Waals surface area contributed by atoms with Crippen LogP contribution in [0.5, 0.6) is 0 Å². The van der Waals surface area contributed by atoms with Gasteiger partial charge in [-0.2, -0.15) is 0 Å². The Morgan fingerprint density at radius 2 is 2.04 bits per heavy atom. The monoisotopic (exact) mass is 357 g/mol. The molecule has 1 N–H and O–H groups in total. The summed E-state index contributed by atoms with van der Waals surface area (Å²) in [5.74, 6) is 1.21. The zero-order chi connectivity index (χ0) is 18.1. The number of hydrogen-bond acceptors (Lipinski definition) is 5. The lowest BCUT2D eigenvalue weighted by atomic mass is 9.92. The van der Waals surface area contributed by atoms with Crippen LogP contribution in [0.2, 0.25) is 0 Å². The van der Waals surface area contributed by atoms with Gasteiger partial charge in [0.25, 0.3) is 0 Å². The van der Waals surface area contributed by atoms with Gasteiger partial charge in [0.2, 0.25) is 15.9 Å². The van der Waals surface area contributed by atoms with Gasteiger partial charge in [0.05, 0.1) is 11.9 Å². The number of nitrogens with zero attached hydrogens (tertiary/aromatic N) is 2. The standard InChI is InChI=1S/C16H27N3O4S/c1-10(2)14-8-19(9-15(14)18-24(5,21)22)16(20)7-6-13-11(3)17-23-12(13)4/h10,14-15,18H,6-9H2,1-5H3/t14-,15+/m0/s1. The minimum Gasteiger partial charge on any atom is -0.361 e. The number of rotatable bonds is 6. The van der Waals surface area contributed by atoms with E-state index in [9.17, 15) is 13.2 Å². The quantitative estimate of drug-likeness (QED) is 0.827. The lowest BCUT2D eigenvalue weighted by Crippen LogP contribution is -2.41. The summed E-state index contributed by atoms with van der Waals surface area (Å²) in [5.41, 5.74) is 1.80. The highest BCUT2D eigenvalue weighted by Crippen LogP contribution is 2.26. The first-order chi connectivity index (χ1) is 11.1. The SMILES string of the molecule is Cc1noc(C)c1CCC(=O)N1C[C@@H](NS(C)(=O)=O)[C@H](C(C)C)C1. The summed E-state index contributed by atoms with van der Waals surface area (Å²) in [7, 11) is -3.29. The largest absolute Gasteiger partial charge is 0.361 e. The zero-order valence-corrected chi connectivity index (χ0v) is 15.8. The summed E-state index contributed by atoms with van der Waals surface area (Å²) >= 11 is 0. The van der Waals surface area contributed by atoms with E-state index in [0.29, 0.717) is 31.8 Å². The first-order valence-electron chi connectivity index (χ1n) is 8.25. The molecular formula is C16H27N3O4S. The Balaban J connectivity index is 2.00. The first kappa shape index (κ1) is 18.9. The van der Waals surface area contributed by atoms with E-state index >= 15 is 0 Å². The Hall–Kier alpha value is -1.41. The van der Waals surface area contributed by atoms with Crippen molar-refractivity contribution < 1.29 is 17.7 Å². The highest BCUT2D eigenvalue weighted by atomic mass is 32.2. The van der Waals surface area contributed by atoms with E-state index in [-0.39, 0.29) is 17.9 Å². The number of aromatic nitrogens is 1. The second kappa shape index (κ2) is 7.23. The van der Waals surface area contributed by atoms with Crippen LogP contribution >= 0.6 is 0 Å². The third kappa shape index (κ3) is 4.57. The summed E-state index contributed by atoms with van der Waals surface area (Å²) in [5, 5.41) is 3.90. The molecule has 2 heterocycles. The van der Waals surface area contributed by atoms with Crippen LogP contribution in [0.1, 0.15) is 37.3 Å². The maximum absolute atomic E-state index is 12.5. The zero-order valence-electron chi connectivity index (χ0n) is 15.0. The summed E-state index contributed by atoms with van der Waals surface area (Å²) in [6, 6.07) is -0.219. The van der Waals surface area contributed by atoms with Gasteiger partial charge in [-0.3, -0.25) is 4.79 Å². The third-order valence-corrected chi connectivity index (χ3v) is 5.44. The van der Waals surface area contributed by atoms with E-state index < -0.39 is 10.0 Å². The normalized spacial score (nSPS) is 21.7. The fourth-order valence-electron chi connectivity index (χ4n) is 3.36. The lowest BCUT2D eigenvalue weighted by molar-refractivity contribution is -0.130. The molecule has 1 aliphatic heterocycles. The maximum Gasteiger partial charge on any atom is 0.222 e. The minimum atomic E-state index is -3.29. The number of carbonyl (C=O) groups excluding carboxylic acids is 1. The van der Waals surface area contributed by atoms with Gasteiger partial charge in [-0.05, 0) is 32.1 Å². The molecule has 1 aromatic heterocycles. The van der Waals surface area contributed by atoms with Gasteiger partial charge < -0.3 is 9.42 Å². The van der Waals surface area contributed by atoms with E-state index in [2.05, 4.69) is 23.7 Å². The van der Waals surface area contributed by atoms with E-state index in [0.717, 1.165) is 23.3 Å². The molecule has 8 heteroatoms. The van der Waals surface area contributed by atoms with Crippen LogP contribution in [0.25, 0.3) is 0 Å². The molecule has 0 aliphatic carbocycles. The first-order valence-corrected chi connectivity index (χ1v) is 10.1. The molecule has 0 spiro atoms. The second-order valence-electron chi connectivity index (χ2n) is 7.01. The van der Waals surface area contributed by atoms with E-state index in [1.54, 1.807) is 4.90 Å². The summed E-state index contributed by atoms with van der Waals surface area (Å²) < 4.78 is 30.9. The van der Waals surface area contributed by atoms with Gasteiger partial charge in [0.1, 0.15) is 5.76 Å². The van der Waals surface area contributed by atoms with E-state index in [4.69, 9.17) is 4.52 Å². The maximum atomic E-state index is 12.5. The minimum absolute atomic E-state index is 0.0402. The summed E-state index contributed by atoms with van der Waals surface area (Å²) in [4.78, 5) is 14.3. The van der Waals surface area contributed by atoms with Crippen molar-refractivity contribution in [2.45, 2.75) is 46.6 Å². The number of hydrogen-bond donors (Lipinski definition) is 1. The predicted molar refractivity (Wildman–Crippen MR) is 91.0 cm³/mol. The molecule has 24 heavy (non-hydrogen) atoms. The molecule has 0 bridgehead atoms. The lowest BCUT2D eigenvalue weighted by Gasteiger charge is -2.21. The Labute approximate surface area is 143 Å². The average Bonchev–Trinajstić information content (AvgIpc) is 2.99. The summed E-state index contributed by atoms with van der Waals surface area (Å²) in [6.45, 7) is 8.84. The molecule has 0 radical (unpaired) electrons. The molecule has 1 aliphatic rings. The van der Waals surface area contributed by atoms with Crippen molar-refractivity contribution in [2.75, 3.05) is 19.3 Å². The van der Waals surface area contributed by atoms with Crippen LogP contribution in [-0.2, 0) is 21.2 Å². The highest BCUT2D eigenvalue weighted by Gasteiger charge is 2.38. The van der Waals surface area contributed by atoms with Crippen LogP contribution in [0, 0.1) is 25.7 Å². The Bertz CT molecular complexity index is 677. The number of carbonyl (C=O) groups is 1. The van der Waals surface area contributed by atoms with Crippen LogP contribution in [0.4, 0.5) is 0 Å². The van der Waals surface area contributed by atoms with Crippen molar-refractivity contribution >= 4 is 15.9 Å². The molecule has 2 rings (SSSR count). The third-order valence-electron chi connectivity index (χ3n) is 4.71. The van der Waals surface area contributed by atoms with Crippen molar-refractivity contribution in [1.82, 2.24) is 14.8 Å². The fraction of sp³-hybridized carbons (Fsp3) is 0.750. The van der Waals surface area contributed by atoms with Gasteiger partial charge in [-0.25, -0.2) is 13.1 Å². The highest BCUT2D eigenvalue weighted by molar-refractivity contribution is 7.88. The van der Waals surface area contributed by atoms with Crippen LogP contribution in [-0.4, -0.2) is 49.8 Å². The number of amides is 1. The topological polar surface area (TPSA) is 92.5 Å². The number of aryl methyl sites for hydroxylation is 2. The number of sulfonamides is 1. The molecule has 2 atom stereocenters.